The SMILES string of the molecule is CS(=O)(=O)NCCNC(=O)CC1CCCN1. The molecule has 0 spiro atoms. The van der Waals surface area contributed by atoms with Crippen molar-refractivity contribution in [2.75, 3.05) is 25.9 Å². The molecule has 0 radical (unpaired) electrons. The molecular weight excluding hydrogens is 230 g/mol. The molecule has 7 heteroatoms. The Labute approximate surface area is 96.2 Å². The number of sulfonamides is 1. The first-order valence-corrected chi connectivity index (χ1v) is 7.31. The molecule has 1 atom stereocenters. The second kappa shape index (κ2) is 6.17. The Morgan fingerprint density at radius 3 is 2.75 bits per heavy atom. The van der Waals surface area contributed by atoms with Crippen molar-refractivity contribution in [3.05, 3.63) is 0 Å². The topological polar surface area (TPSA) is 87.3 Å². The summed E-state index contributed by atoms with van der Waals surface area (Å²) < 4.78 is 23.8. The van der Waals surface area contributed by atoms with Gasteiger partial charge in [-0.15, -0.1) is 0 Å². The van der Waals surface area contributed by atoms with Crippen molar-refractivity contribution in [2.45, 2.75) is 25.3 Å². The van der Waals surface area contributed by atoms with Crippen LogP contribution in [0.4, 0.5) is 0 Å². The molecular formula is C9H19N3O3S. The summed E-state index contributed by atoms with van der Waals surface area (Å²) in [5, 5.41) is 5.91. The van der Waals surface area contributed by atoms with Crippen molar-refractivity contribution >= 4 is 15.9 Å². The molecule has 94 valence electrons. The van der Waals surface area contributed by atoms with Crippen LogP contribution in [0.1, 0.15) is 19.3 Å². The van der Waals surface area contributed by atoms with Crippen molar-refractivity contribution in [3.8, 4) is 0 Å². The van der Waals surface area contributed by atoms with E-state index in [0.717, 1.165) is 25.6 Å². The third-order valence-electron chi connectivity index (χ3n) is 2.41. The molecule has 0 bridgehead atoms. The maximum absolute atomic E-state index is 11.4. The van der Waals surface area contributed by atoms with Crippen LogP contribution in [0.25, 0.3) is 0 Å². The van der Waals surface area contributed by atoms with E-state index in [1.54, 1.807) is 0 Å². The Hall–Kier alpha value is -0.660. The summed E-state index contributed by atoms with van der Waals surface area (Å²) in [7, 11) is -3.16. The molecule has 1 amide bonds. The maximum Gasteiger partial charge on any atom is 0.221 e. The van der Waals surface area contributed by atoms with Gasteiger partial charge < -0.3 is 10.6 Å². The Morgan fingerprint density at radius 2 is 2.19 bits per heavy atom. The lowest BCUT2D eigenvalue weighted by Crippen LogP contribution is -2.36. The van der Waals surface area contributed by atoms with Crippen LogP contribution in [0.3, 0.4) is 0 Å². The van der Waals surface area contributed by atoms with E-state index < -0.39 is 10.0 Å². The molecule has 1 heterocycles. The third kappa shape index (κ3) is 6.04. The highest BCUT2D eigenvalue weighted by Crippen LogP contribution is 2.07. The molecule has 1 aliphatic heterocycles. The number of amides is 1. The van der Waals surface area contributed by atoms with Gasteiger partial charge in [-0.2, -0.15) is 0 Å². The first-order valence-electron chi connectivity index (χ1n) is 5.42. The zero-order valence-corrected chi connectivity index (χ0v) is 10.3. The number of carbonyl (C=O) groups is 1. The van der Waals surface area contributed by atoms with Crippen LogP contribution < -0.4 is 15.4 Å². The standard InChI is InChI=1S/C9H19N3O3S/c1-16(14,15)12-6-5-11-9(13)7-8-3-2-4-10-8/h8,10,12H,2-7H2,1H3,(H,11,13). The first kappa shape index (κ1) is 13.4. The van der Waals surface area contributed by atoms with E-state index in [4.69, 9.17) is 0 Å². The summed E-state index contributed by atoms with van der Waals surface area (Å²) in [6.07, 6.45) is 3.72. The fourth-order valence-corrected chi connectivity index (χ4v) is 2.14. The molecule has 1 unspecified atom stereocenters. The van der Waals surface area contributed by atoms with E-state index in [0.29, 0.717) is 13.0 Å². The summed E-state index contributed by atoms with van der Waals surface area (Å²) in [5.74, 6) is -0.0327. The highest BCUT2D eigenvalue weighted by molar-refractivity contribution is 7.88. The van der Waals surface area contributed by atoms with E-state index in [2.05, 4.69) is 15.4 Å². The quantitative estimate of drug-likeness (QED) is 0.516. The number of rotatable bonds is 6. The van der Waals surface area contributed by atoms with E-state index in [1.165, 1.54) is 0 Å². The monoisotopic (exact) mass is 249 g/mol. The number of hydrogen-bond acceptors (Lipinski definition) is 4. The molecule has 0 aromatic carbocycles. The molecule has 0 aliphatic carbocycles. The molecule has 1 aliphatic rings. The number of nitrogens with one attached hydrogen (secondary N) is 3. The first-order chi connectivity index (χ1) is 7.47. The predicted octanol–water partition coefficient (Wildman–Crippen LogP) is -1.21. The van der Waals surface area contributed by atoms with E-state index >= 15 is 0 Å². The Morgan fingerprint density at radius 1 is 1.44 bits per heavy atom. The van der Waals surface area contributed by atoms with E-state index in [-0.39, 0.29) is 18.5 Å². The minimum atomic E-state index is -3.16. The molecule has 1 fully saturated rings. The fraction of sp³-hybridized carbons (Fsp3) is 0.889. The molecule has 0 aromatic heterocycles. The molecule has 0 aromatic rings. The van der Waals surface area contributed by atoms with Crippen molar-refractivity contribution < 1.29 is 13.2 Å². The highest BCUT2D eigenvalue weighted by atomic mass is 32.2. The van der Waals surface area contributed by atoms with Crippen LogP contribution in [0.5, 0.6) is 0 Å². The largest absolute Gasteiger partial charge is 0.355 e. The van der Waals surface area contributed by atoms with Crippen LogP contribution in [0, 0.1) is 0 Å². The van der Waals surface area contributed by atoms with Gasteiger partial charge in [0.05, 0.1) is 6.26 Å². The van der Waals surface area contributed by atoms with Gasteiger partial charge in [0.15, 0.2) is 0 Å². The van der Waals surface area contributed by atoms with Crippen LogP contribution >= 0.6 is 0 Å². The lowest BCUT2D eigenvalue weighted by molar-refractivity contribution is -0.121. The predicted molar refractivity (Wildman–Crippen MR) is 61.5 cm³/mol. The minimum absolute atomic E-state index is 0.0327. The Bertz CT molecular complexity index is 323. The summed E-state index contributed by atoms with van der Waals surface area (Å²) in [4.78, 5) is 11.4. The summed E-state index contributed by atoms with van der Waals surface area (Å²) >= 11 is 0. The minimum Gasteiger partial charge on any atom is -0.355 e. The maximum atomic E-state index is 11.4. The second-order valence-electron chi connectivity index (χ2n) is 4.01. The van der Waals surface area contributed by atoms with Crippen molar-refractivity contribution in [2.24, 2.45) is 0 Å². The van der Waals surface area contributed by atoms with Gasteiger partial charge in [0.1, 0.15) is 0 Å². The Balaban J connectivity index is 2.06. The van der Waals surface area contributed by atoms with Crippen molar-refractivity contribution in [1.82, 2.24) is 15.4 Å². The average molecular weight is 249 g/mol. The van der Waals surface area contributed by atoms with Crippen molar-refractivity contribution in [1.29, 1.82) is 0 Å². The van der Waals surface area contributed by atoms with Gasteiger partial charge >= 0.3 is 0 Å². The lowest BCUT2D eigenvalue weighted by atomic mass is 10.1. The smallest absolute Gasteiger partial charge is 0.221 e. The van der Waals surface area contributed by atoms with Crippen molar-refractivity contribution in [3.63, 3.8) is 0 Å². The zero-order chi connectivity index (χ0) is 12.0. The highest BCUT2D eigenvalue weighted by Gasteiger charge is 2.17. The van der Waals surface area contributed by atoms with Gasteiger partial charge in [0.25, 0.3) is 0 Å². The van der Waals surface area contributed by atoms with E-state index in [9.17, 15) is 13.2 Å². The van der Waals surface area contributed by atoms with Crippen LogP contribution in [0.2, 0.25) is 0 Å². The molecule has 16 heavy (non-hydrogen) atoms. The van der Waals surface area contributed by atoms with Gasteiger partial charge in [0.2, 0.25) is 15.9 Å². The molecule has 6 nitrogen and oxygen atoms in total. The van der Waals surface area contributed by atoms with Gasteiger partial charge in [0, 0.05) is 25.6 Å². The van der Waals surface area contributed by atoms with Gasteiger partial charge in [-0.3, -0.25) is 4.79 Å². The van der Waals surface area contributed by atoms with Gasteiger partial charge in [-0.05, 0) is 19.4 Å². The molecule has 1 saturated heterocycles. The lowest BCUT2D eigenvalue weighted by Gasteiger charge is -2.10. The van der Waals surface area contributed by atoms with Crippen LogP contribution in [-0.2, 0) is 14.8 Å². The normalized spacial score (nSPS) is 20.9. The molecule has 1 rings (SSSR count). The second-order valence-corrected chi connectivity index (χ2v) is 5.85. The Kier molecular flexibility index (Phi) is 5.17. The summed E-state index contributed by atoms with van der Waals surface area (Å²) in [6, 6.07) is 0.280. The van der Waals surface area contributed by atoms with Crippen LogP contribution in [-0.4, -0.2) is 46.3 Å². The van der Waals surface area contributed by atoms with Gasteiger partial charge in [-0.1, -0.05) is 0 Å². The molecule has 0 saturated carbocycles. The van der Waals surface area contributed by atoms with Gasteiger partial charge in [-0.25, -0.2) is 13.1 Å². The summed E-state index contributed by atoms with van der Waals surface area (Å²) in [5.41, 5.74) is 0. The number of hydrogen-bond donors (Lipinski definition) is 3. The number of carbonyl (C=O) groups excluding carboxylic acids is 1. The summed E-state index contributed by atoms with van der Waals surface area (Å²) in [6.45, 7) is 1.55. The molecule has 3 N–H and O–H groups in total. The van der Waals surface area contributed by atoms with Crippen LogP contribution in [0.15, 0.2) is 0 Å². The zero-order valence-electron chi connectivity index (χ0n) is 9.45. The average Bonchev–Trinajstić information content (AvgIpc) is 2.63. The third-order valence-corrected chi connectivity index (χ3v) is 3.13. The van der Waals surface area contributed by atoms with E-state index in [1.807, 2.05) is 0 Å². The fourth-order valence-electron chi connectivity index (χ4n) is 1.67.